The molecule has 90 valence electrons. The fourth-order valence-electron chi connectivity index (χ4n) is 1.94. The Bertz CT molecular complexity index is 317. The fraction of sp³-hybridized carbons (Fsp3) is 0.600. The highest BCUT2D eigenvalue weighted by molar-refractivity contribution is 5.53. The van der Waals surface area contributed by atoms with Crippen molar-refractivity contribution in [1.29, 1.82) is 0 Å². The first-order chi connectivity index (χ1) is 7.67. The average Bonchev–Trinajstić information content (AvgIpc) is 2.28. The van der Waals surface area contributed by atoms with E-state index in [1.54, 1.807) is 0 Å². The Morgan fingerprint density at radius 3 is 2.56 bits per heavy atom. The minimum absolute atomic E-state index is 0.625. The summed E-state index contributed by atoms with van der Waals surface area (Å²) in [5, 5.41) is 3.67. The van der Waals surface area contributed by atoms with E-state index in [-0.39, 0.29) is 0 Å². The monoisotopic (exact) mass is 219 g/mol. The highest BCUT2D eigenvalue weighted by Crippen LogP contribution is 2.19. The van der Waals surface area contributed by atoms with Crippen LogP contribution in [0, 0.1) is 13.8 Å². The van der Waals surface area contributed by atoms with E-state index >= 15 is 0 Å². The molecule has 1 aromatic carbocycles. The predicted molar refractivity (Wildman–Crippen MR) is 73.1 cm³/mol. The summed E-state index contributed by atoms with van der Waals surface area (Å²) in [6.07, 6.45) is 5.08. The fourth-order valence-corrected chi connectivity index (χ4v) is 1.94. The summed E-state index contributed by atoms with van der Waals surface area (Å²) in [6, 6.07) is 7.25. The van der Waals surface area contributed by atoms with Gasteiger partial charge in [0.1, 0.15) is 0 Å². The van der Waals surface area contributed by atoms with Crippen molar-refractivity contribution in [2.45, 2.75) is 59.4 Å². The second-order valence-electron chi connectivity index (χ2n) is 4.71. The number of unbranched alkanes of at least 4 members (excludes halogenated alkanes) is 1. The summed E-state index contributed by atoms with van der Waals surface area (Å²) in [5.74, 6) is 0. The first-order valence-electron chi connectivity index (χ1n) is 6.51. The standard InChI is InChI=1S/C15H25N/c1-5-7-8-14(6-2)16-15-11-12(3)9-10-13(15)4/h9-11,14,16H,5-8H2,1-4H3. The van der Waals surface area contributed by atoms with Crippen molar-refractivity contribution in [3.63, 3.8) is 0 Å². The van der Waals surface area contributed by atoms with Gasteiger partial charge in [-0.05, 0) is 43.9 Å². The van der Waals surface area contributed by atoms with Crippen molar-refractivity contribution in [3.05, 3.63) is 29.3 Å². The van der Waals surface area contributed by atoms with Gasteiger partial charge in [-0.1, -0.05) is 38.8 Å². The zero-order valence-electron chi connectivity index (χ0n) is 11.1. The lowest BCUT2D eigenvalue weighted by atomic mass is 10.1. The van der Waals surface area contributed by atoms with Crippen molar-refractivity contribution in [2.75, 3.05) is 5.32 Å². The molecule has 0 bridgehead atoms. The molecule has 0 saturated carbocycles. The maximum absolute atomic E-state index is 3.67. The number of anilines is 1. The Morgan fingerprint density at radius 2 is 1.94 bits per heavy atom. The lowest BCUT2D eigenvalue weighted by Gasteiger charge is -2.20. The molecule has 1 atom stereocenters. The molecule has 0 aliphatic rings. The lowest BCUT2D eigenvalue weighted by Crippen LogP contribution is -2.18. The molecule has 1 heteroatoms. The average molecular weight is 219 g/mol. The van der Waals surface area contributed by atoms with Gasteiger partial charge in [0, 0.05) is 11.7 Å². The van der Waals surface area contributed by atoms with Crippen LogP contribution in [0.25, 0.3) is 0 Å². The number of hydrogen-bond acceptors (Lipinski definition) is 1. The molecule has 1 N–H and O–H groups in total. The molecule has 0 aliphatic carbocycles. The van der Waals surface area contributed by atoms with Gasteiger partial charge in [0.15, 0.2) is 0 Å². The van der Waals surface area contributed by atoms with Gasteiger partial charge in [0.05, 0.1) is 0 Å². The molecule has 0 fully saturated rings. The summed E-state index contributed by atoms with van der Waals surface area (Å²) < 4.78 is 0. The second kappa shape index (κ2) is 6.57. The van der Waals surface area contributed by atoms with Crippen LogP contribution in [-0.2, 0) is 0 Å². The van der Waals surface area contributed by atoms with Gasteiger partial charge >= 0.3 is 0 Å². The van der Waals surface area contributed by atoms with Crippen molar-refractivity contribution >= 4 is 5.69 Å². The lowest BCUT2D eigenvalue weighted by molar-refractivity contribution is 0.593. The van der Waals surface area contributed by atoms with Gasteiger partial charge in [0.2, 0.25) is 0 Å². The van der Waals surface area contributed by atoms with E-state index in [0.717, 1.165) is 0 Å². The molecule has 0 aliphatic heterocycles. The zero-order valence-corrected chi connectivity index (χ0v) is 11.1. The summed E-state index contributed by atoms with van der Waals surface area (Å²) in [5.41, 5.74) is 3.99. The van der Waals surface area contributed by atoms with Crippen LogP contribution in [0.2, 0.25) is 0 Å². The van der Waals surface area contributed by atoms with E-state index in [0.29, 0.717) is 6.04 Å². The van der Waals surface area contributed by atoms with Crippen molar-refractivity contribution in [2.24, 2.45) is 0 Å². The topological polar surface area (TPSA) is 12.0 Å². The number of rotatable bonds is 6. The Kier molecular flexibility index (Phi) is 5.37. The second-order valence-corrected chi connectivity index (χ2v) is 4.71. The van der Waals surface area contributed by atoms with Crippen LogP contribution in [0.5, 0.6) is 0 Å². The van der Waals surface area contributed by atoms with E-state index in [4.69, 9.17) is 0 Å². The van der Waals surface area contributed by atoms with E-state index < -0.39 is 0 Å². The van der Waals surface area contributed by atoms with Crippen molar-refractivity contribution in [3.8, 4) is 0 Å². The minimum Gasteiger partial charge on any atom is -0.382 e. The molecule has 0 radical (unpaired) electrons. The normalized spacial score (nSPS) is 12.5. The molecular formula is C15H25N. The van der Waals surface area contributed by atoms with E-state index in [1.165, 1.54) is 42.5 Å². The van der Waals surface area contributed by atoms with Crippen LogP contribution < -0.4 is 5.32 Å². The summed E-state index contributed by atoms with van der Waals surface area (Å²) in [7, 11) is 0. The van der Waals surface area contributed by atoms with Gasteiger partial charge in [-0.15, -0.1) is 0 Å². The van der Waals surface area contributed by atoms with Crippen LogP contribution in [-0.4, -0.2) is 6.04 Å². The SMILES string of the molecule is CCCCC(CC)Nc1cc(C)ccc1C. The molecule has 0 spiro atoms. The van der Waals surface area contributed by atoms with E-state index in [2.05, 4.69) is 51.2 Å². The van der Waals surface area contributed by atoms with Crippen LogP contribution in [0.15, 0.2) is 18.2 Å². The van der Waals surface area contributed by atoms with Crippen molar-refractivity contribution < 1.29 is 0 Å². The van der Waals surface area contributed by atoms with Crippen molar-refractivity contribution in [1.82, 2.24) is 0 Å². The molecule has 1 nitrogen and oxygen atoms in total. The molecule has 0 heterocycles. The van der Waals surface area contributed by atoms with Crippen LogP contribution in [0.3, 0.4) is 0 Å². The Labute approximate surface area is 100 Å². The smallest absolute Gasteiger partial charge is 0.0374 e. The third-order valence-corrected chi connectivity index (χ3v) is 3.15. The predicted octanol–water partition coefficient (Wildman–Crippen LogP) is 4.68. The molecule has 0 amide bonds. The van der Waals surface area contributed by atoms with Gasteiger partial charge in [-0.25, -0.2) is 0 Å². The summed E-state index contributed by atoms with van der Waals surface area (Å²) in [4.78, 5) is 0. The molecule has 1 aromatic rings. The van der Waals surface area contributed by atoms with Crippen LogP contribution >= 0.6 is 0 Å². The Balaban J connectivity index is 2.65. The first kappa shape index (κ1) is 13.1. The minimum atomic E-state index is 0.625. The Hall–Kier alpha value is -0.980. The van der Waals surface area contributed by atoms with Gasteiger partial charge in [-0.2, -0.15) is 0 Å². The molecule has 0 aromatic heterocycles. The summed E-state index contributed by atoms with van der Waals surface area (Å²) in [6.45, 7) is 8.84. The van der Waals surface area contributed by atoms with Gasteiger partial charge < -0.3 is 5.32 Å². The maximum atomic E-state index is 3.67. The third-order valence-electron chi connectivity index (χ3n) is 3.15. The molecule has 1 unspecified atom stereocenters. The highest BCUT2D eigenvalue weighted by Gasteiger charge is 2.06. The Morgan fingerprint density at radius 1 is 1.19 bits per heavy atom. The number of aryl methyl sites for hydroxylation is 2. The largest absolute Gasteiger partial charge is 0.382 e. The molecule has 1 rings (SSSR count). The number of benzene rings is 1. The summed E-state index contributed by atoms with van der Waals surface area (Å²) >= 11 is 0. The third kappa shape index (κ3) is 3.88. The zero-order chi connectivity index (χ0) is 12.0. The number of hydrogen-bond donors (Lipinski definition) is 1. The van der Waals surface area contributed by atoms with E-state index in [1.807, 2.05) is 0 Å². The van der Waals surface area contributed by atoms with Crippen LogP contribution in [0.1, 0.15) is 50.7 Å². The number of nitrogens with one attached hydrogen (secondary N) is 1. The van der Waals surface area contributed by atoms with Gasteiger partial charge in [0.25, 0.3) is 0 Å². The first-order valence-corrected chi connectivity index (χ1v) is 6.51. The quantitative estimate of drug-likeness (QED) is 0.732. The van der Waals surface area contributed by atoms with Crippen LogP contribution in [0.4, 0.5) is 5.69 Å². The van der Waals surface area contributed by atoms with E-state index in [9.17, 15) is 0 Å². The molecule has 0 saturated heterocycles. The maximum Gasteiger partial charge on any atom is 0.0374 e. The highest BCUT2D eigenvalue weighted by atomic mass is 14.9. The van der Waals surface area contributed by atoms with Gasteiger partial charge in [-0.3, -0.25) is 0 Å². The molecule has 16 heavy (non-hydrogen) atoms. The molecular weight excluding hydrogens is 194 g/mol.